The van der Waals surface area contributed by atoms with Crippen LogP contribution in [0.3, 0.4) is 0 Å². The SMILES string of the molecule is COc1cc2ccc(C(=O)O)cc2oc1=O. The predicted molar refractivity (Wildman–Crippen MR) is 56.0 cm³/mol. The first-order chi connectivity index (χ1) is 7.61. The van der Waals surface area contributed by atoms with Crippen LogP contribution < -0.4 is 10.4 Å². The second kappa shape index (κ2) is 3.69. The third-order valence-corrected chi connectivity index (χ3v) is 2.17. The van der Waals surface area contributed by atoms with Crippen LogP contribution in [0.2, 0.25) is 0 Å². The van der Waals surface area contributed by atoms with Gasteiger partial charge in [-0.1, -0.05) is 6.07 Å². The number of carboxylic acid groups (broad SMARTS) is 1. The van der Waals surface area contributed by atoms with Crippen LogP contribution in [-0.4, -0.2) is 18.2 Å². The molecule has 5 heteroatoms. The highest BCUT2D eigenvalue weighted by molar-refractivity contribution is 5.92. The lowest BCUT2D eigenvalue weighted by Gasteiger charge is -2.01. The number of methoxy groups -OCH3 is 1. The van der Waals surface area contributed by atoms with Gasteiger partial charge in [0.25, 0.3) is 0 Å². The van der Waals surface area contributed by atoms with E-state index in [-0.39, 0.29) is 16.9 Å². The average Bonchev–Trinajstić information content (AvgIpc) is 2.27. The minimum Gasteiger partial charge on any atom is -0.490 e. The predicted octanol–water partition coefficient (Wildman–Crippen LogP) is 1.50. The Balaban J connectivity index is 2.72. The van der Waals surface area contributed by atoms with Gasteiger partial charge in [0.15, 0.2) is 0 Å². The van der Waals surface area contributed by atoms with E-state index in [1.54, 1.807) is 6.07 Å². The van der Waals surface area contributed by atoms with Crippen molar-refractivity contribution in [2.75, 3.05) is 7.11 Å². The summed E-state index contributed by atoms with van der Waals surface area (Å²) in [6.07, 6.45) is 0. The first kappa shape index (κ1) is 10.2. The van der Waals surface area contributed by atoms with Crippen LogP contribution in [-0.2, 0) is 0 Å². The fraction of sp³-hybridized carbons (Fsp3) is 0.0909. The van der Waals surface area contributed by atoms with Crippen molar-refractivity contribution in [3.05, 3.63) is 40.2 Å². The van der Waals surface area contributed by atoms with Gasteiger partial charge in [0.2, 0.25) is 5.75 Å². The summed E-state index contributed by atoms with van der Waals surface area (Å²) in [5, 5.41) is 9.38. The van der Waals surface area contributed by atoms with Gasteiger partial charge < -0.3 is 14.3 Å². The smallest absolute Gasteiger partial charge is 0.379 e. The number of ether oxygens (including phenoxy) is 1. The maximum Gasteiger partial charge on any atom is 0.379 e. The highest BCUT2D eigenvalue weighted by atomic mass is 16.5. The number of rotatable bonds is 2. The molecule has 2 rings (SSSR count). The topological polar surface area (TPSA) is 76.7 Å². The van der Waals surface area contributed by atoms with Gasteiger partial charge in [-0.3, -0.25) is 0 Å². The first-order valence-corrected chi connectivity index (χ1v) is 4.47. The van der Waals surface area contributed by atoms with Crippen LogP contribution in [0.4, 0.5) is 0 Å². The van der Waals surface area contributed by atoms with Crippen LogP contribution in [0.1, 0.15) is 10.4 Å². The van der Waals surface area contributed by atoms with Gasteiger partial charge in [-0.25, -0.2) is 9.59 Å². The largest absolute Gasteiger partial charge is 0.490 e. The number of carboxylic acids is 1. The van der Waals surface area contributed by atoms with Crippen molar-refractivity contribution in [2.24, 2.45) is 0 Å². The summed E-state index contributed by atoms with van der Waals surface area (Å²) in [6.45, 7) is 0. The molecule has 1 heterocycles. The van der Waals surface area contributed by atoms with E-state index in [2.05, 4.69) is 0 Å². The molecule has 0 unspecified atom stereocenters. The maximum absolute atomic E-state index is 11.3. The third kappa shape index (κ3) is 1.63. The Bertz CT molecular complexity index is 611. The van der Waals surface area contributed by atoms with Crippen molar-refractivity contribution in [3.8, 4) is 5.75 Å². The average molecular weight is 220 g/mol. The first-order valence-electron chi connectivity index (χ1n) is 4.47. The zero-order valence-electron chi connectivity index (χ0n) is 8.39. The van der Waals surface area contributed by atoms with Gasteiger partial charge in [0.05, 0.1) is 12.7 Å². The molecule has 0 saturated carbocycles. The minimum absolute atomic E-state index is 0.0702. The van der Waals surface area contributed by atoms with Crippen molar-refractivity contribution in [3.63, 3.8) is 0 Å². The number of hydrogen-bond acceptors (Lipinski definition) is 4. The molecule has 0 fully saturated rings. The van der Waals surface area contributed by atoms with Gasteiger partial charge in [0, 0.05) is 5.39 Å². The van der Waals surface area contributed by atoms with Crippen LogP contribution in [0, 0.1) is 0 Å². The summed E-state index contributed by atoms with van der Waals surface area (Å²) in [4.78, 5) is 22.0. The van der Waals surface area contributed by atoms with E-state index in [4.69, 9.17) is 14.3 Å². The van der Waals surface area contributed by atoms with Gasteiger partial charge >= 0.3 is 11.6 Å². The molecule has 1 aromatic heterocycles. The number of aromatic carboxylic acids is 1. The molecule has 0 aliphatic heterocycles. The molecule has 0 atom stereocenters. The van der Waals surface area contributed by atoms with Crippen LogP contribution in [0.5, 0.6) is 5.75 Å². The molecular formula is C11H8O5. The lowest BCUT2D eigenvalue weighted by Crippen LogP contribution is -2.03. The molecule has 0 spiro atoms. The summed E-state index contributed by atoms with van der Waals surface area (Å²) in [6, 6.07) is 5.81. The van der Waals surface area contributed by atoms with E-state index >= 15 is 0 Å². The fourth-order valence-electron chi connectivity index (χ4n) is 1.37. The molecule has 0 aliphatic rings. The number of fused-ring (bicyclic) bond motifs is 1. The van der Waals surface area contributed by atoms with E-state index < -0.39 is 11.6 Å². The highest BCUT2D eigenvalue weighted by Crippen LogP contribution is 2.18. The number of hydrogen-bond donors (Lipinski definition) is 1. The Morgan fingerprint density at radius 3 is 2.75 bits per heavy atom. The van der Waals surface area contributed by atoms with Crippen molar-refractivity contribution in [1.29, 1.82) is 0 Å². The quantitative estimate of drug-likeness (QED) is 0.776. The highest BCUT2D eigenvalue weighted by Gasteiger charge is 2.08. The fourth-order valence-corrected chi connectivity index (χ4v) is 1.37. The molecule has 0 saturated heterocycles. The monoisotopic (exact) mass is 220 g/mol. The number of benzene rings is 1. The third-order valence-electron chi connectivity index (χ3n) is 2.17. The molecule has 0 bridgehead atoms. The van der Waals surface area contributed by atoms with E-state index in [1.165, 1.54) is 25.3 Å². The molecule has 2 aromatic rings. The Morgan fingerprint density at radius 1 is 1.38 bits per heavy atom. The molecule has 0 aliphatic carbocycles. The van der Waals surface area contributed by atoms with Gasteiger partial charge in [-0.15, -0.1) is 0 Å². The van der Waals surface area contributed by atoms with Crippen LogP contribution in [0.15, 0.2) is 33.5 Å². The molecule has 0 amide bonds. The minimum atomic E-state index is -1.07. The Labute approximate surface area is 89.9 Å². The standard InChI is InChI=1S/C11H8O5/c1-15-9-4-6-2-3-7(10(12)13)5-8(6)16-11(9)14/h2-5H,1H3,(H,12,13). The lowest BCUT2D eigenvalue weighted by molar-refractivity contribution is 0.0697. The molecule has 0 radical (unpaired) electrons. The molecule has 1 aromatic carbocycles. The van der Waals surface area contributed by atoms with Crippen LogP contribution in [0.25, 0.3) is 11.0 Å². The van der Waals surface area contributed by atoms with E-state index in [9.17, 15) is 9.59 Å². The van der Waals surface area contributed by atoms with Crippen molar-refractivity contribution in [2.45, 2.75) is 0 Å². The van der Waals surface area contributed by atoms with Gasteiger partial charge in [-0.2, -0.15) is 0 Å². The molecule has 1 N–H and O–H groups in total. The number of carbonyl (C=O) groups is 1. The summed E-state index contributed by atoms with van der Waals surface area (Å²) in [5.41, 5.74) is -0.330. The van der Waals surface area contributed by atoms with Gasteiger partial charge in [0.1, 0.15) is 5.58 Å². The summed E-state index contributed by atoms with van der Waals surface area (Å²) >= 11 is 0. The molecule has 82 valence electrons. The normalized spacial score (nSPS) is 10.3. The zero-order valence-corrected chi connectivity index (χ0v) is 8.39. The molecule has 16 heavy (non-hydrogen) atoms. The molecule has 5 nitrogen and oxygen atoms in total. The Hall–Kier alpha value is -2.30. The Kier molecular flexibility index (Phi) is 2.36. The second-order valence-corrected chi connectivity index (χ2v) is 3.16. The van der Waals surface area contributed by atoms with Crippen molar-refractivity contribution >= 4 is 16.9 Å². The van der Waals surface area contributed by atoms with E-state index in [0.29, 0.717) is 5.39 Å². The van der Waals surface area contributed by atoms with Crippen molar-refractivity contribution in [1.82, 2.24) is 0 Å². The van der Waals surface area contributed by atoms with Crippen LogP contribution >= 0.6 is 0 Å². The maximum atomic E-state index is 11.3. The van der Waals surface area contributed by atoms with Crippen molar-refractivity contribution < 1.29 is 19.1 Å². The summed E-state index contributed by atoms with van der Waals surface area (Å²) < 4.78 is 9.74. The lowest BCUT2D eigenvalue weighted by atomic mass is 10.1. The zero-order chi connectivity index (χ0) is 11.7. The second-order valence-electron chi connectivity index (χ2n) is 3.16. The molecular weight excluding hydrogens is 212 g/mol. The summed E-state index contributed by atoms with van der Waals surface area (Å²) in [5.74, 6) is -0.976. The van der Waals surface area contributed by atoms with E-state index in [1.807, 2.05) is 0 Å². The van der Waals surface area contributed by atoms with E-state index in [0.717, 1.165) is 0 Å². The Morgan fingerprint density at radius 2 is 2.12 bits per heavy atom. The summed E-state index contributed by atoms with van der Waals surface area (Å²) in [7, 11) is 1.36. The van der Waals surface area contributed by atoms with Gasteiger partial charge in [-0.05, 0) is 18.2 Å².